The van der Waals surface area contributed by atoms with Crippen LogP contribution in [-0.2, 0) is 9.59 Å². The van der Waals surface area contributed by atoms with Gasteiger partial charge in [0.1, 0.15) is 12.4 Å². The second-order valence-electron chi connectivity index (χ2n) is 6.94. The molecule has 1 aliphatic heterocycles. The summed E-state index contributed by atoms with van der Waals surface area (Å²) in [6, 6.07) is 9.45. The SMILES string of the molecule is NC[C@H]1CCC[C@H]1C(=O)NC1CC(=O)N(CCOc2ccccc2)C1. The predicted molar refractivity (Wildman–Crippen MR) is 95.0 cm³/mol. The number of likely N-dealkylation sites (tertiary alicyclic amines) is 1. The molecule has 3 rings (SSSR count). The zero-order chi connectivity index (χ0) is 17.6. The van der Waals surface area contributed by atoms with E-state index in [0.717, 1.165) is 25.0 Å². The Morgan fingerprint density at radius 3 is 2.84 bits per heavy atom. The van der Waals surface area contributed by atoms with Crippen LogP contribution in [0.3, 0.4) is 0 Å². The molecule has 0 spiro atoms. The maximum atomic E-state index is 12.5. The molecular formula is C19H27N3O3. The van der Waals surface area contributed by atoms with Crippen molar-refractivity contribution in [2.45, 2.75) is 31.7 Å². The molecular weight excluding hydrogens is 318 g/mol. The van der Waals surface area contributed by atoms with E-state index in [1.54, 1.807) is 4.90 Å². The molecule has 6 heteroatoms. The molecule has 2 amide bonds. The quantitative estimate of drug-likeness (QED) is 0.777. The Bertz CT molecular complexity index is 593. The lowest BCUT2D eigenvalue weighted by Gasteiger charge is -2.21. The van der Waals surface area contributed by atoms with E-state index in [9.17, 15) is 9.59 Å². The van der Waals surface area contributed by atoms with Crippen molar-refractivity contribution in [2.24, 2.45) is 17.6 Å². The molecule has 1 unspecified atom stereocenters. The van der Waals surface area contributed by atoms with Gasteiger partial charge in [0, 0.05) is 18.9 Å². The Kier molecular flexibility index (Phi) is 5.91. The molecule has 0 aromatic heterocycles. The molecule has 25 heavy (non-hydrogen) atoms. The maximum Gasteiger partial charge on any atom is 0.224 e. The van der Waals surface area contributed by atoms with Crippen molar-refractivity contribution in [1.29, 1.82) is 0 Å². The Morgan fingerprint density at radius 1 is 1.28 bits per heavy atom. The van der Waals surface area contributed by atoms with Gasteiger partial charge in [-0.25, -0.2) is 0 Å². The molecule has 0 radical (unpaired) electrons. The smallest absolute Gasteiger partial charge is 0.224 e. The number of carbonyl (C=O) groups excluding carboxylic acids is 2. The number of benzene rings is 1. The van der Waals surface area contributed by atoms with E-state index in [2.05, 4.69) is 5.32 Å². The van der Waals surface area contributed by atoms with Crippen LogP contribution in [0.4, 0.5) is 0 Å². The molecule has 2 fully saturated rings. The lowest BCUT2D eigenvalue weighted by Crippen LogP contribution is -2.42. The normalized spacial score (nSPS) is 26.0. The van der Waals surface area contributed by atoms with Gasteiger partial charge in [0.2, 0.25) is 11.8 Å². The molecule has 1 heterocycles. The Balaban J connectivity index is 1.43. The van der Waals surface area contributed by atoms with Gasteiger partial charge in [0.15, 0.2) is 0 Å². The third-order valence-electron chi connectivity index (χ3n) is 5.23. The van der Waals surface area contributed by atoms with Gasteiger partial charge in [0.25, 0.3) is 0 Å². The van der Waals surface area contributed by atoms with Gasteiger partial charge in [-0.05, 0) is 37.4 Å². The highest BCUT2D eigenvalue weighted by Crippen LogP contribution is 2.31. The van der Waals surface area contributed by atoms with Crippen LogP contribution in [0.25, 0.3) is 0 Å². The fraction of sp³-hybridized carbons (Fsp3) is 0.579. The van der Waals surface area contributed by atoms with Gasteiger partial charge in [-0.2, -0.15) is 0 Å². The van der Waals surface area contributed by atoms with Gasteiger partial charge in [0.05, 0.1) is 12.6 Å². The topological polar surface area (TPSA) is 84.7 Å². The highest BCUT2D eigenvalue weighted by molar-refractivity contribution is 5.83. The number of amides is 2. The number of hydrogen-bond donors (Lipinski definition) is 2. The van der Waals surface area contributed by atoms with Crippen LogP contribution in [-0.4, -0.2) is 49.0 Å². The summed E-state index contributed by atoms with van der Waals surface area (Å²) in [4.78, 5) is 26.4. The summed E-state index contributed by atoms with van der Waals surface area (Å²) in [6.07, 6.45) is 3.37. The molecule has 3 N–H and O–H groups in total. The fourth-order valence-electron chi connectivity index (χ4n) is 3.85. The van der Waals surface area contributed by atoms with Crippen molar-refractivity contribution in [3.05, 3.63) is 30.3 Å². The molecule has 136 valence electrons. The summed E-state index contributed by atoms with van der Waals surface area (Å²) in [5.41, 5.74) is 5.76. The van der Waals surface area contributed by atoms with E-state index < -0.39 is 0 Å². The van der Waals surface area contributed by atoms with Gasteiger partial charge in [-0.15, -0.1) is 0 Å². The van der Waals surface area contributed by atoms with Gasteiger partial charge >= 0.3 is 0 Å². The Labute approximate surface area is 148 Å². The summed E-state index contributed by atoms with van der Waals surface area (Å²) in [5, 5.41) is 3.06. The van der Waals surface area contributed by atoms with Crippen molar-refractivity contribution >= 4 is 11.8 Å². The maximum absolute atomic E-state index is 12.5. The van der Waals surface area contributed by atoms with Crippen LogP contribution >= 0.6 is 0 Å². The third-order valence-corrected chi connectivity index (χ3v) is 5.23. The van der Waals surface area contributed by atoms with E-state index in [-0.39, 0.29) is 29.7 Å². The van der Waals surface area contributed by atoms with Crippen LogP contribution < -0.4 is 15.8 Å². The molecule has 1 saturated heterocycles. The second-order valence-corrected chi connectivity index (χ2v) is 6.94. The van der Waals surface area contributed by atoms with Gasteiger partial charge < -0.3 is 20.7 Å². The second kappa shape index (κ2) is 8.34. The van der Waals surface area contributed by atoms with E-state index in [1.807, 2.05) is 30.3 Å². The minimum Gasteiger partial charge on any atom is -0.492 e. The first-order valence-corrected chi connectivity index (χ1v) is 9.13. The van der Waals surface area contributed by atoms with Crippen molar-refractivity contribution in [3.63, 3.8) is 0 Å². The molecule has 2 aliphatic rings. The summed E-state index contributed by atoms with van der Waals surface area (Å²) in [7, 11) is 0. The minimum atomic E-state index is -0.101. The third kappa shape index (κ3) is 4.51. The Hall–Kier alpha value is -2.08. The summed E-state index contributed by atoms with van der Waals surface area (Å²) < 4.78 is 5.65. The highest BCUT2D eigenvalue weighted by atomic mass is 16.5. The number of nitrogens with zero attached hydrogens (tertiary/aromatic N) is 1. The minimum absolute atomic E-state index is 0.00978. The molecule has 3 atom stereocenters. The average molecular weight is 345 g/mol. The molecule has 1 aromatic carbocycles. The Morgan fingerprint density at radius 2 is 2.08 bits per heavy atom. The monoisotopic (exact) mass is 345 g/mol. The zero-order valence-corrected chi connectivity index (χ0v) is 14.5. The molecule has 1 aliphatic carbocycles. The van der Waals surface area contributed by atoms with Gasteiger partial charge in [-0.1, -0.05) is 24.6 Å². The zero-order valence-electron chi connectivity index (χ0n) is 14.5. The first-order valence-electron chi connectivity index (χ1n) is 9.13. The number of nitrogens with two attached hydrogens (primary N) is 1. The van der Waals surface area contributed by atoms with Crippen molar-refractivity contribution in [2.75, 3.05) is 26.2 Å². The number of rotatable bonds is 7. The number of carbonyl (C=O) groups is 2. The lowest BCUT2D eigenvalue weighted by atomic mass is 9.95. The van der Waals surface area contributed by atoms with E-state index >= 15 is 0 Å². The van der Waals surface area contributed by atoms with Crippen LogP contribution in [0.2, 0.25) is 0 Å². The predicted octanol–water partition coefficient (Wildman–Crippen LogP) is 1.16. The average Bonchev–Trinajstić information content (AvgIpc) is 3.22. The van der Waals surface area contributed by atoms with E-state index in [4.69, 9.17) is 10.5 Å². The van der Waals surface area contributed by atoms with Crippen molar-refractivity contribution < 1.29 is 14.3 Å². The van der Waals surface area contributed by atoms with Crippen LogP contribution in [0.1, 0.15) is 25.7 Å². The van der Waals surface area contributed by atoms with Crippen LogP contribution in [0.15, 0.2) is 30.3 Å². The number of ether oxygens (including phenoxy) is 1. The van der Waals surface area contributed by atoms with Crippen molar-refractivity contribution in [3.8, 4) is 5.75 Å². The first-order chi connectivity index (χ1) is 12.2. The number of nitrogens with one attached hydrogen (secondary N) is 1. The van der Waals surface area contributed by atoms with E-state index in [1.165, 1.54) is 0 Å². The highest BCUT2D eigenvalue weighted by Gasteiger charge is 2.36. The summed E-state index contributed by atoms with van der Waals surface area (Å²) in [6.45, 7) is 2.11. The standard InChI is InChI=1S/C19H27N3O3/c20-12-14-5-4-8-17(14)19(24)21-15-11-18(23)22(13-15)9-10-25-16-6-2-1-3-7-16/h1-3,6-7,14-15,17H,4-5,8-13,20H2,(H,21,24)/t14-,15?,17-/m1/s1. The largest absolute Gasteiger partial charge is 0.492 e. The summed E-state index contributed by atoms with van der Waals surface area (Å²) >= 11 is 0. The van der Waals surface area contributed by atoms with Crippen LogP contribution in [0, 0.1) is 11.8 Å². The summed E-state index contributed by atoms with van der Waals surface area (Å²) in [5.74, 6) is 1.23. The molecule has 0 bridgehead atoms. The molecule has 6 nitrogen and oxygen atoms in total. The fourth-order valence-corrected chi connectivity index (χ4v) is 3.85. The first kappa shape index (κ1) is 17.7. The number of para-hydroxylation sites is 1. The molecule has 1 aromatic rings. The van der Waals surface area contributed by atoms with Crippen LogP contribution in [0.5, 0.6) is 5.75 Å². The van der Waals surface area contributed by atoms with E-state index in [0.29, 0.717) is 32.7 Å². The number of hydrogen-bond acceptors (Lipinski definition) is 4. The molecule has 1 saturated carbocycles. The van der Waals surface area contributed by atoms with Gasteiger partial charge in [-0.3, -0.25) is 9.59 Å². The lowest BCUT2D eigenvalue weighted by molar-refractivity contribution is -0.128. The van der Waals surface area contributed by atoms with Crippen molar-refractivity contribution in [1.82, 2.24) is 10.2 Å².